The molecule has 1 amide bonds. The summed E-state index contributed by atoms with van der Waals surface area (Å²) in [6.07, 6.45) is 6.40. The van der Waals surface area contributed by atoms with Crippen molar-refractivity contribution in [1.29, 1.82) is 0 Å². The molecule has 1 aliphatic carbocycles. The SMILES string of the molecule is CN(C)C(=O)C1(CNc2cnc(C(=O)O)cn2)CCCC1. The number of carbonyl (C=O) groups is 2. The number of amides is 1. The van der Waals surface area contributed by atoms with Gasteiger partial charge in [-0.15, -0.1) is 0 Å². The maximum absolute atomic E-state index is 12.4. The van der Waals surface area contributed by atoms with Gasteiger partial charge >= 0.3 is 5.97 Å². The first-order valence-electron chi connectivity index (χ1n) is 6.96. The maximum atomic E-state index is 12.4. The number of nitrogens with one attached hydrogen (secondary N) is 1. The topological polar surface area (TPSA) is 95.4 Å². The van der Waals surface area contributed by atoms with Gasteiger partial charge < -0.3 is 15.3 Å². The Morgan fingerprint density at radius 1 is 1.29 bits per heavy atom. The van der Waals surface area contributed by atoms with Gasteiger partial charge in [0, 0.05) is 20.6 Å². The number of aromatic nitrogens is 2. The van der Waals surface area contributed by atoms with E-state index in [4.69, 9.17) is 5.11 Å². The molecule has 1 heterocycles. The molecule has 1 aromatic heterocycles. The highest BCUT2D eigenvalue weighted by Crippen LogP contribution is 2.39. The molecule has 1 fully saturated rings. The Kier molecular flexibility index (Phi) is 4.40. The summed E-state index contributed by atoms with van der Waals surface area (Å²) in [7, 11) is 3.54. The van der Waals surface area contributed by atoms with Crippen molar-refractivity contribution in [3.63, 3.8) is 0 Å². The third-order valence-electron chi connectivity index (χ3n) is 3.90. The smallest absolute Gasteiger partial charge is 0.356 e. The van der Waals surface area contributed by atoms with Crippen LogP contribution in [0, 0.1) is 5.41 Å². The molecule has 1 aromatic rings. The van der Waals surface area contributed by atoms with E-state index in [-0.39, 0.29) is 11.6 Å². The second kappa shape index (κ2) is 6.07. The molecule has 0 radical (unpaired) electrons. The monoisotopic (exact) mass is 292 g/mol. The van der Waals surface area contributed by atoms with Gasteiger partial charge in [0.25, 0.3) is 0 Å². The van der Waals surface area contributed by atoms with Crippen LogP contribution in [0.3, 0.4) is 0 Å². The third-order valence-corrected chi connectivity index (χ3v) is 3.90. The Hall–Kier alpha value is -2.18. The van der Waals surface area contributed by atoms with E-state index in [1.54, 1.807) is 19.0 Å². The molecule has 1 saturated carbocycles. The third kappa shape index (κ3) is 3.29. The fourth-order valence-corrected chi connectivity index (χ4v) is 2.78. The normalized spacial score (nSPS) is 16.5. The predicted octanol–water partition coefficient (Wildman–Crippen LogP) is 1.24. The Balaban J connectivity index is 2.05. The molecule has 0 saturated heterocycles. The Bertz CT molecular complexity index is 522. The van der Waals surface area contributed by atoms with Crippen molar-refractivity contribution >= 4 is 17.7 Å². The summed E-state index contributed by atoms with van der Waals surface area (Å²) in [6, 6.07) is 0. The van der Waals surface area contributed by atoms with E-state index < -0.39 is 11.4 Å². The molecule has 7 heteroatoms. The summed E-state index contributed by atoms with van der Waals surface area (Å²) < 4.78 is 0. The van der Waals surface area contributed by atoms with Gasteiger partial charge in [0.15, 0.2) is 5.69 Å². The number of carbonyl (C=O) groups excluding carboxylic acids is 1. The Morgan fingerprint density at radius 2 is 1.95 bits per heavy atom. The van der Waals surface area contributed by atoms with Crippen LogP contribution in [-0.2, 0) is 4.79 Å². The van der Waals surface area contributed by atoms with Crippen molar-refractivity contribution < 1.29 is 14.7 Å². The van der Waals surface area contributed by atoms with E-state index in [1.165, 1.54) is 12.4 Å². The van der Waals surface area contributed by atoms with Crippen LogP contribution in [0.5, 0.6) is 0 Å². The van der Waals surface area contributed by atoms with Gasteiger partial charge in [0.2, 0.25) is 5.91 Å². The molecule has 1 aliphatic rings. The minimum Gasteiger partial charge on any atom is -0.476 e. The lowest BCUT2D eigenvalue weighted by Gasteiger charge is -2.30. The highest BCUT2D eigenvalue weighted by molar-refractivity contribution is 5.85. The first-order valence-corrected chi connectivity index (χ1v) is 6.96. The van der Waals surface area contributed by atoms with Crippen molar-refractivity contribution in [2.45, 2.75) is 25.7 Å². The van der Waals surface area contributed by atoms with Gasteiger partial charge in [-0.25, -0.2) is 14.8 Å². The fraction of sp³-hybridized carbons (Fsp3) is 0.571. The number of anilines is 1. The summed E-state index contributed by atoms with van der Waals surface area (Å²) in [4.78, 5) is 32.6. The van der Waals surface area contributed by atoms with Crippen molar-refractivity contribution in [1.82, 2.24) is 14.9 Å². The zero-order chi connectivity index (χ0) is 15.5. The summed E-state index contributed by atoms with van der Waals surface area (Å²) in [5.74, 6) is -0.496. The minimum absolute atomic E-state index is 0.0968. The van der Waals surface area contributed by atoms with Gasteiger partial charge in [-0.05, 0) is 12.8 Å². The number of hydrogen-bond acceptors (Lipinski definition) is 5. The summed E-state index contributed by atoms with van der Waals surface area (Å²) in [5.41, 5.74) is -0.489. The van der Waals surface area contributed by atoms with E-state index in [9.17, 15) is 9.59 Å². The first kappa shape index (κ1) is 15.2. The average molecular weight is 292 g/mol. The van der Waals surface area contributed by atoms with Crippen LogP contribution in [0.4, 0.5) is 5.82 Å². The molecule has 0 aromatic carbocycles. The average Bonchev–Trinajstić information content (AvgIpc) is 2.94. The molecule has 2 N–H and O–H groups in total. The molecule has 0 aliphatic heterocycles. The molecular weight excluding hydrogens is 272 g/mol. The summed E-state index contributed by atoms with van der Waals surface area (Å²) in [6.45, 7) is 0.491. The van der Waals surface area contributed by atoms with E-state index in [0.29, 0.717) is 12.4 Å². The molecule has 0 atom stereocenters. The fourth-order valence-electron chi connectivity index (χ4n) is 2.78. The van der Waals surface area contributed by atoms with Crippen molar-refractivity contribution in [2.75, 3.05) is 26.0 Å². The number of rotatable bonds is 5. The zero-order valence-corrected chi connectivity index (χ0v) is 12.3. The molecule has 21 heavy (non-hydrogen) atoms. The second-order valence-electron chi connectivity index (χ2n) is 5.63. The van der Waals surface area contributed by atoms with Crippen molar-refractivity contribution in [3.8, 4) is 0 Å². The van der Waals surface area contributed by atoms with E-state index in [0.717, 1.165) is 25.7 Å². The molecular formula is C14H20N4O3. The minimum atomic E-state index is -1.11. The van der Waals surface area contributed by atoms with Crippen LogP contribution >= 0.6 is 0 Å². The number of nitrogens with zero attached hydrogens (tertiary/aromatic N) is 3. The molecule has 0 unspecified atom stereocenters. The van der Waals surface area contributed by atoms with Gasteiger partial charge in [-0.3, -0.25) is 4.79 Å². The van der Waals surface area contributed by atoms with Gasteiger partial charge in [-0.1, -0.05) is 12.8 Å². The highest BCUT2D eigenvalue weighted by atomic mass is 16.4. The number of hydrogen-bond donors (Lipinski definition) is 2. The van der Waals surface area contributed by atoms with Gasteiger partial charge in [0.05, 0.1) is 17.8 Å². The molecule has 114 valence electrons. The molecule has 0 spiro atoms. The lowest BCUT2D eigenvalue weighted by molar-refractivity contribution is -0.138. The standard InChI is InChI=1S/C14H20N4O3/c1-18(2)13(21)14(5-3-4-6-14)9-17-11-8-15-10(7-16-11)12(19)20/h7-8H,3-6,9H2,1-2H3,(H,16,17)(H,19,20). The van der Waals surface area contributed by atoms with Crippen LogP contribution in [0.1, 0.15) is 36.2 Å². The van der Waals surface area contributed by atoms with Crippen molar-refractivity contribution in [2.24, 2.45) is 5.41 Å². The lowest BCUT2D eigenvalue weighted by Crippen LogP contribution is -2.43. The molecule has 7 nitrogen and oxygen atoms in total. The Labute approximate surface area is 123 Å². The largest absolute Gasteiger partial charge is 0.476 e. The first-order chi connectivity index (χ1) is 9.94. The molecule has 0 bridgehead atoms. The number of aromatic carboxylic acids is 1. The zero-order valence-electron chi connectivity index (χ0n) is 12.3. The molecule has 2 rings (SSSR count). The van der Waals surface area contributed by atoms with Crippen LogP contribution in [0.15, 0.2) is 12.4 Å². The van der Waals surface area contributed by atoms with Crippen LogP contribution in [-0.4, -0.2) is 52.5 Å². The van der Waals surface area contributed by atoms with E-state index in [1.807, 2.05) is 0 Å². The maximum Gasteiger partial charge on any atom is 0.356 e. The van der Waals surface area contributed by atoms with E-state index in [2.05, 4.69) is 15.3 Å². The number of carboxylic acids is 1. The van der Waals surface area contributed by atoms with E-state index >= 15 is 0 Å². The number of carboxylic acid groups (broad SMARTS) is 1. The summed E-state index contributed by atoms with van der Waals surface area (Å²) in [5, 5.41) is 11.9. The second-order valence-corrected chi connectivity index (χ2v) is 5.63. The van der Waals surface area contributed by atoms with Gasteiger partial charge in [0.1, 0.15) is 5.82 Å². The summed E-state index contributed by atoms with van der Waals surface area (Å²) >= 11 is 0. The highest BCUT2D eigenvalue weighted by Gasteiger charge is 2.41. The Morgan fingerprint density at radius 3 is 2.43 bits per heavy atom. The quantitative estimate of drug-likeness (QED) is 0.847. The lowest BCUT2D eigenvalue weighted by atomic mass is 9.84. The predicted molar refractivity (Wildman–Crippen MR) is 77.1 cm³/mol. The van der Waals surface area contributed by atoms with Crippen LogP contribution in [0.2, 0.25) is 0 Å². The van der Waals surface area contributed by atoms with Crippen LogP contribution < -0.4 is 5.32 Å². The van der Waals surface area contributed by atoms with Crippen LogP contribution in [0.25, 0.3) is 0 Å². The van der Waals surface area contributed by atoms with Gasteiger partial charge in [-0.2, -0.15) is 0 Å². The van der Waals surface area contributed by atoms with Crippen molar-refractivity contribution in [3.05, 3.63) is 18.1 Å².